The zero-order valence-corrected chi connectivity index (χ0v) is 11.6. The van der Waals surface area contributed by atoms with E-state index in [2.05, 4.69) is 43.4 Å². The molecule has 19 heavy (non-hydrogen) atoms. The number of hydrazine groups is 1. The zero-order chi connectivity index (χ0) is 13.7. The van der Waals surface area contributed by atoms with E-state index in [0.717, 1.165) is 0 Å². The third-order valence-electron chi connectivity index (χ3n) is 2.42. The molecule has 8 heteroatoms. The monoisotopic (exact) mass is 280 g/mol. The van der Waals surface area contributed by atoms with Crippen LogP contribution in [0.4, 0.5) is 11.9 Å². The Balaban J connectivity index is 2.10. The van der Waals surface area contributed by atoms with Crippen molar-refractivity contribution in [2.24, 2.45) is 5.84 Å². The van der Waals surface area contributed by atoms with Crippen LogP contribution in [0.1, 0.15) is 18.1 Å². The van der Waals surface area contributed by atoms with Gasteiger partial charge in [-0.2, -0.15) is 26.3 Å². The van der Waals surface area contributed by atoms with Crippen LogP contribution in [0, 0.1) is 6.92 Å². The minimum Gasteiger partial charge on any atom is -0.464 e. The molecule has 0 bridgehead atoms. The van der Waals surface area contributed by atoms with Gasteiger partial charge in [0.05, 0.1) is 6.61 Å². The number of aryl methyl sites for hydroxylation is 1. The summed E-state index contributed by atoms with van der Waals surface area (Å²) in [7, 11) is 0. The lowest BCUT2D eigenvalue weighted by Gasteiger charge is -2.08. The molecule has 7 nitrogen and oxygen atoms in total. The molecule has 102 valence electrons. The molecule has 2 aromatic rings. The third kappa shape index (κ3) is 3.52. The minimum atomic E-state index is 0.245. The molecule has 0 fully saturated rings. The fourth-order valence-electron chi connectivity index (χ4n) is 1.44. The number of aromatic nitrogens is 3. The quantitative estimate of drug-likeness (QED) is 0.545. The maximum Gasteiger partial charge on any atom is 0.323 e. The van der Waals surface area contributed by atoms with Crippen molar-refractivity contribution in [2.75, 3.05) is 17.3 Å². The summed E-state index contributed by atoms with van der Waals surface area (Å²) in [6, 6.07) is 0.245. The second-order valence-electron chi connectivity index (χ2n) is 3.78. The smallest absolute Gasteiger partial charge is 0.323 e. The second-order valence-corrected chi connectivity index (χ2v) is 4.52. The largest absolute Gasteiger partial charge is 0.464 e. The van der Waals surface area contributed by atoms with Crippen molar-refractivity contribution in [3.05, 3.63) is 21.9 Å². The molecule has 2 rings (SSSR count). The number of rotatable bonds is 6. The standard InChI is InChI=1S/C11H16N6OS/c1-3-18-11-15-9(14-10(16-11)17-12)13-4-8-6-19-5-7(8)2/h5-6H,3-4,12H2,1-2H3,(H2,13,14,15,16,17). The maximum absolute atomic E-state index is 5.31. The zero-order valence-electron chi connectivity index (χ0n) is 10.8. The first-order valence-electron chi connectivity index (χ1n) is 5.84. The summed E-state index contributed by atoms with van der Waals surface area (Å²) in [5.41, 5.74) is 4.85. The van der Waals surface area contributed by atoms with E-state index in [1.807, 2.05) is 6.92 Å². The van der Waals surface area contributed by atoms with Crippen LogP contribution in [-0.4, -0.2) is 21.6 Å². The summed E-state index contributed by atoms with van der Waals surface area (Å²) in [5.74, 6) is 6.01. The van der Waals surface area contributed by atoms with Crippen LogP contribution in [-0.2, 0) is 6.54 Å². The van der Waals surface area contributed by atoms with Crippen LogP contribution in [0.15, 0.2) is 10.8 Å². The highest BCUT2D eigenvalue weighted by atomic mass is 32.1. The molecule has 0 radical (unpaired) electrons. The molecule has 0 amide bonds. The van der Waals surface area contributed by atoms with E-state index in [1.165, 1.54) is 11.1 Å². The molecule has 0 spiro atoms. The van der Waals surface area contributed by atoms with Crippen molar-refractivity contribution in [2.45, 2.75) is 20.4 Å². The van der Waals surface area contributed by atoms with Gasteiger partial charge < -0.3 is 10.1 Å². The van der Waals surface area contributed by atoms with Crippen molar-refractivity contribution >= 4 is 23.2 Å². The van der Waals surface area contributed by atoms with Crippen molar-refractivity contribution in [3.63, 3.8) is 0 Å². The lowest BCUT2D eigenvalue weighted by atomic mass is 10.2. The molecule has 0 unspecified atom stereocenters. The fraction of sp³-hybridized carbons (Fsp3) is 0.364. The van der Waals surface area contributed by atoms with E-state index >= 15 is 0 Å². The van der Waals surface area contributed by atoms with Gasteiger partial charge in [0.25, 0.3) is 0 Å². The van der Waals surface area contributed by atoms with Gasteiger partial charge >= 0.3 is 6.01 Å². The number of hydrogen-bond acceptors (Lipinski definition) is 8. The molecular weight excluding hydrogens is 264 g/mol. The van der Waals surface area contributed by atoms with Gasteiger partial charge in [-0.15, -0.1) is 0 Å². The van der Waals surface area contributed by atoms with E-state index in [0.29, 0.717) is 19.1 Å². The van der Waals surface area contributed by atoms with Gasteiger partial charge in [-0.25, -0.2) is 5.84 Å². The Hall–Kier alpha value is -1.93. The molecule has 0 aromatic carbocycles. The van der Waals surface area contributed by atoms with Gasteiger partial charge in [0.2, 0.25) is 11.9 Å². The fourth-order valence-corrected chi connectivity index (χ4v) is 2.29. The van der Waals surface area contributed by atoms with E-state index in [1.54, 1.807) is 11.3 Å². The summed E-state index contributed by atoms with van der Waals surface area (Å²) in [4.78, 5) is 12.3. The second kappa shape index (κ2) is 6.30. The maximum atomic E-state index is 5.31. The lowest BCUT2D eigenvalue weighted by Crippen LogP contribution is -2.14. The Morgan fingerprint density at radius 3 is 2.68 bits per heavy atom. The SMILES string of the molecule is CCOc1nc(NN)nc(NCc2cscc2C)n1. The number of hydrogen-bond donors (Lipinski definition) is 3. The third-order valence-corrected chi connectivity index (χ3v) is 3.33. The molecule has 0 atom stereocenters. The Bertz CT molecular complexity index is 544. The lowest BCUT2D eigenvalue weighted by molar-refractivity contribution is 0.312. The molecular formula is C11H16N6OS. The molecule has 0 aliphatic heterocycles. The molecule has 4 N–H and O–H groups in total. The van der Waals surface area contributed by atoms with E-state index in [9.17, 15) is 0 Å². The van der Waals surface area contributed by atoms with Gasteiger partial charge in [0.15, 0.2) is 0 Å². The number of anilines is 2. The summed E-state index contributed by atoms with van der Waals surface area (Å²) >= 11 is 1.67. The van der Waals surface area contributed by atoms with Crippen LogP contribution in [0.5, 0.6) is 6.01 Å². The van der Waals surface area contributed by atoms with Crippen LogP contribution >= 0.6 is 11.3 Å². The first-order valence-corrected chi connectivity index (χ1v) is 6.78. The first kappa shape index (κ1) is 13.5. The Kier molecular flexibility index (Phi) is 4.48. The van der Waals surface area contributed by atoms with E-state index < -0.39 is 0 Å². The molecule has 0 aliphatic rings. The summed E-state index contributed by atoms with van der Waals surface area (Å²) < 4.78 is 5.25. The molecule has 0 saturated carbocycles. The van der Waals surface area contributed by atoms with E-state index in [4.69, 9.17) is 10.6 Å². The Morgan fingerprint density at radius 1 is 1.26 bits per heavy atom. The number of ether oxygens (including phenoxy) is 1. The predicted octanol–water partition coefficient (Wildman–Crippen LogP) is 1.54. The highest BCUT2D eigenvalue weighted by Gasteiger charge is 2.07. The van der Waals surface area contributed by atoms with Crippen molar-refractivity contribution < 1.29 is 4.74 Å². The van der Waals surface area contributed by atoms with Crippen molar-refractivity contribution in [3.8, 4) is 6.01 Å². The first-order chi connectivity index (χ1) is 9.22. The molecule has 2 heterocycles. The van der Waals surface area contributed by atoms with Gasteiger partial charge in [0, 0.05) is 6.54 Å². The van der Waals surface area contributed by atoms with Crippen molar-refractivity contribution in [1.29, 1.82) is 0 Å². The Morgan fingerprint density at radius 2 is 2.05 bits per heavy atom. The average Bonchev–Trinajstić information content (AvgIpc) is 2.82. The number of nitrogens with zero attached hydrogens (tertiary/aromatic N) is 3. The Labute approximate surface area is 115 Å². The minimum absolute atomic E-state index is 0.245. The molecule has 0 aliphatic carbocycles. The summed E-state index contributed by atoms with van der Waals surface area (Å²) in [6.45, 7) is 5.06. The average molecular weight is 280 g/mol. The van der Waals surface area contributed by atoms with Gasteiger partial charge in [-0.05, 0) is 35.7 Å². The number of nitrogens with one attached hydrogen (secondary N) is 2. The highest BCUT2D eigenvalue weighted by molar-refractivity contribution is 7.08. The molecule has 2 aromatic heterocycles. The molecule has 0 saturated heterocycles. The van der Waals surface area contributed by atoms with Crippen LogP contribution in [0.2, 0.25) is 0 Å². The number of nitrogens with two attached hydrogens (primary N) is 1. The van der Waals surface area contributed by atoms with E-state index in [-0.39, 0.29) is 12.0 Å². The number of thiophene rings is 1. The van der Waals surface area contributed by atoms with Crippen LogP contribution in [0.3, 0.4) is 0 Å². The van der Waals surface area contributed by atoms with Crippen LogP contribution < -0.4 is 21.3 Å². The topological polar surface area (TPSA) is 98.0 Å². The van der Waals surface area contributed by atoms with Crippen molar-refractivity contribution in [1.82, 2.24) is 15.0 Å². The normalized spacial score (nSPS) is 10.3. The van der Waals surface area contributed by atoms with Gasteiger partial charge in [0.1, 0.15) is 0 Å². The van der Waals surface area contributed by atoms with Gasteiger partial charge in [-0.3, -0.25) is 5.43 Å². The summed E-state index contributed by atoms with van der Waals surface area (Å²) in [5, 5.41) is 7.32. The summed E-state index contributed by atoms with van der Waals surface area (Å²) in [6.07, 6.45) is 0. The number of nitrogen functional groups attached to an aromatic ring is 1. The predicted molar refractivity (Wildman–Crippen MR) is 75.2 cm³/mol. The van der Waals surface area contributed by atoms with Crippen LogP contribution in [0.25, 0.3) is 0 Å². The highest BCUT2D eigenvalue weighted by Crippen LogP contribution is 2.16. The van der Waals surface area contributed by atoms with Gasteiger partial charge in [-0.1, -0.05) is 0 Å².